The molecule has 1 saturated heterocycles. The standard InChI is InChI=1S/C18H39N5/c1-7-22(16(2)3)14-11-20-17(19-6)21-15-18(4,5)23-12-9-8-10-13-23/h16H,7-15H2,1-6H3,(H2,19,20,21). The third-order valence-electron chi connectivity index (χ3n) is 4.95. The van der Waals surface area contributed by atoms with E-state index in [1.165, 1.54) is 32.4 Å². The molecular formula is C18H39N5. The summed E-state index contributed by atoms with van der Waals surface area (Å²) in [6.07, 6.45) is 4.05. The maximum absolute atomic E-state index is 4.36. The molecule has 0 aromatic carbocycles. The third kappa shape index (κ3) is 7.08. The van der Waals surface area contributed by atoms with E-state index >= 15 is 0 Å². The Bertz CT molecular complexity index is 345. The van der Waals surface area contributed by atoms with Crippen molar-refractivity contribution in [1.82, 2.24) is 20.4 Å². The van der Waals surface area contributed by atoms with Gasteiger partial charge in [0.1, 0.15) is 0 Å². The fourth-order valence-electron chi connectivity index (χ4n) is 3.23. The van der Waals surface area contributed by atoms with Crippen molar-refractivity contribution in [3.05, 3.63) is 0 Å². The van der Waals surface area contributed by atoms with Crippen LogP contribution < -0.4 is 10.6 Å². The molecule has 1 fully saturated rings. The number of guanidine groups is 1. The highest BCUT2D eigenvalue weighted by atomic mass is 15.2. The average molecular weight is 326 g/mol. The Balaban J connectivity index is 2.35. The lowest BCUT2D eigenvalue weighted by Crippen LogP contribution is -2.55. The minimum atomic E-state index is 0.172. The highest BCUT2D eigenvalue weighted by Crippen LogP contribution is 2.19. The second-order valence-corrected chi connectivity index (χ2v) is 7.44. The highest BCUT2D eigenvalue weighted by molar-refractivity contribution is 5.79. The normalized spacial score (nSPS) is 17.8. The van der Waals surface area contributed by atoms with Crippen LogP contribution in [0.5, 0.6) is 0 Å². The van der Waals surface area contributed by atoms with Crippen molar-refractivity contribution in [2.75, 3.05) is 46.3 Å². The summed E-state index contributed by atoms with van der Waals surface area (Å²) >= 11 is 0. The Morgan fingerprint density at radius 2 is 1.83 bits per heavy atom. The predicted octanol–water partition coefficient (Wildman–Crippen LogP) is 2.15. The van der Waals surface area contributed by atoms with E-state index in [1.54, 1.807) is 0 Å². The number of hydrogen-bond acceptors (Lipinski definition) is 3. The van der Waals surface area contributed by atoms with Gasteiger partial charge < -0.3 is 10.6 Å². The van der Waals surface area contributed by atoms with Crippen LogP contribution in [0, 0.1) is 0 Å². The van der Waals surface area contributed by atoms with Gasteiger partial charge in [-0.2, -0.15) is 0 Å². The zero-order valence-electron chi connectivity index (χ0n) is 16.3. The van der Waals surface area contributed by atoms with Crippen LogP contribution in [0.1, 0.15) is 53.9 Å². The summed E-state index contributed by atoms with van der Waals surface area (Å²) in [7, 11) is 1.85. The summed E-state index contributed by atoms with van der Waals surface area (Å²) in [5.41, 5.74) is 0.172. The van der Waals surface area contributed by atoms with Crippen LogP contribution in [0.15, 0.2) is 4.99 Å². The summed E-state index contributed by atoms with van der Waals surface area (Å²) in [6.45, 7) is 17.8. The Morgan fingerprint density at radius 3 is 2.35 bits per heavy atom. The SMILES string of the molecule is CCN(CCNC(=NC)NCC(C)(C)N1CCCCC1)C(C)C. The average Bonchev–Trinajstić information content (AvgIpc) is 2.54. The number of rotatable bonds is 8. The molecule has 0 unspecified atom stereocenters. The van der Waals surface area contributed by atoms with Gasteiger partial charge in [0.25, 0.3) is 0 Å². The molecule has 1 rings (SSSR count). The van der Waals surface area contributed by atoms with Crippen LogP contribution in [0.25, 0.3) is 0 Å². The van der Waals surface area contributed by atoms with E-state index < -0.39 is 0 Å². The third-order valence-corrected chi connectivity index (χ3v) is 4.95. The molecule has 0 aromatic rings. The van der Waals surface area contributed by atoms with Crippen LogP contribution in [0.2, 0.25) is 0 Å². The van der Waals surface area contributed by atoms with Crippen molar-refractivity contribution in [1.29, 1.82) is 0 Å². The Hall–Kier alpha value is -0.810. The molecule has 1 heterocycles. The lowest BCUT2D eigenvalue weighted by Gasteiger charge is -2.41. The summed E-state index contributed by atoms with van der Waals surface area (Å²) in [5.74, 6) is 0.912. The molecule has 1 aliphatic heterocycles. The second-order valence-electron chi connectivity index (χ2n) is 7.44. The van der Waals surface area contributed by atoms with Crippen molar-refractivity contribution in [2.24, 2.45) is 4.99 Å². The smallest absolute Gasteiger partial charge is 0.191 e. The van der Waals surface area contributed by atoms with E-state index in [9.17, 15) is 0 Å². The minimum absolute atomic E-state index is 0.172. The van der Waals surface area contributed by atoms with Crippen LogP contribution >= 0.6 is 0 Å². The minimum Gasteiger partial charge on any atom is -0.355 e. The van der Waals surface area contributed by atoms with E-state index in [4.69, 9.17) is 0 Å². The number of piperidine rings is 1. The first-order valence-electron chi connectivity index (χ1n) is 9.34. The fourth-order valence-corrected chi connectivity index (χ4v) is 3.23. The molecule has 0 amide bonds. The summed E-state index contributed by atoms with van der Waals surface area (Å²) in [5, 5.41) is 6.95. The Morgan fingerprint density at radius 1 is 1.17 bits per heavy atom. The number of likely N-dealkylation sites (tertiary alicyclic amines) is 1. The zero-order valence-corrected chi connectivity index (χ0v) is 16.3. The van der Waals surface area contributed by atoms with E-state index in [0.29, 0.717) is 6.04 Å². The van der Waals surface area contributed by atoms with Gasteiger partial charge in [-0.25, -0.2) is 0 Å². The zero-order chi connectivity index (χ0) is 17.3. The molecule has 0 aromatic heterocycles. The first-order chi connectivity index (χ1) is 10.9. The van der Waals surface area contributed by atoms with Crippen molar-refractivity contribution in [3.63, 3.8) is 0 Å². The molecule has 1 aliphatic rings. The lowest BCUT2D eigenvalue weighted by molar-refractivity contribution is 0.0982. The number of aliphatic imine (C=N–C) groups is 1. The van der Waals surface area contributed by atoms with Gasteiger partial charge in [-0.05, 0) is 60.2 Å². The summed E-state index contributed by atoms with van der Waals surface area (Å²) in [4.78, 5) is 9.42. The van der Waals surface area contributed by atoms with Crippen LogP contribution in [0.4, 0.5) is 0 Å². The summed E-state index contributed by atoms with van der Waals surface area (Å²) in [6, 6.07) is 0.592. The molecule has 5 nitrogen and oxygen atoms in total. The highest BCUT2D eigenvalue weighted by Gasteiger charge is 2.27. The molecule has 5 heteroatoms. The fraction of sp³-hybridized carbons (Fsp3) is 0.944. The molecule has 136 valence electrons. The Labute approximate surface area is 143 Å². The first-order valence-corrected chi connectivity index (χ1v) is 9.34. The van der Waals surface area contributed by atoms with Gasteiger partial charge in [-0.15, -0.1) is 0 Å². The second kappa shape index (κ2) is 10.1. The molecule has 0 aliphatic carbocycles. The van der Waals surface area contributed by atoms with Gasteiger partial charge in [-0.1, -0.05) is 13.3 Å². The van der Waals surface area contributed by atoms with Crippen molar-refractivity contribution >= 4 is 5.96 Å². The molecule has 23 heavy (non-hydrogen) atoms. The number of likely N-dealkylation sites (N-methyl/N-ethyl adjacent to an activating group) is 1. The van der Waals surface area contributed by atoms with Gasteiger partial charge in [-0.3, -0.25) is 14.8 Å². The van der Waals surface area contributed by atoms with Gasteiger partial charge >= 0.3 is 0 Å². The van der Waals surface area contributed by atoms with E-state index in [0.717, 1.165) is 32.1 Å². The van der Waals surface area contributed by atoms with Gasteiger partial charge in [0, 0.05) is 38.3 Å². The van der Waals surface area contributed by atoms with Crippen molar-refractivity contribution < 1.29 is 0 Å². The topological polar surface area (TPSA) is 42.9 Å². The van der Waals surface area contributed by atoms with Crippen molar-refractivity contribution in [3.8, 4) is 0 Å². The van der Waals surface area contributed by atoms with E-state index in [1.807, 2.05) is 7.05 Å². The molecule has 0 atom stereocenters. The number of nitrogens with zero attached hydrogens (tertiary/aromatic N) is 3. The maximum Gasteiger partial charge on any atom is 0.191 e. The molecule has 0 bridgehead atoms. The van der Waals surface area contributed by atoms with Crippen LogP contribution in [0.3, 0.4) is 0 Å². The quantitative estimate of drug-likeness (QED) is 0.530. The summed E-state index contributed by atoms with van der Waals surface area (Å²) < 4.78 is 0. The maximum atomic E-state index is 4.36. The molecular weight excluding hydrogens is 286 g/mol. The van der Waals surface area contributed by atoms with Crippen LogP contribution in [-0.4, -0.2) is 73.7 Å². The molecule has 2 N–H and O–H groups in total. The molecule has 0 radical (unpaired) electrons. The van der Waals surface area contributed by atoms with E-state index in [-0.39, 0.29) is 5.54 Å². The van der Waals surface area contributed by atoms with Gasteiger partial charge in [0.15, 0.2) is 5.96 Å². The Kier molecular flexibility index (Phi) is 8.92. The van der Waals surface area contributed by atoms with Gasteiger partial charge in [0.2, 0.25) is 0 Å². The van der Waals surface area contributed by atoms with Crippen molar-refractivity contribution in [2.45, 2.75) is 65.5 Å². The molecule has 0 spiro atoms. The first kappa shape index (κ1) is 20.2. The van der Waals surface area contributed by atoms with Crippen LogP contribution in [-0.2, 0) is 0 Å². The number of nitrogens with one attached hydrogen (secondary N) is 2. The number of hydrogen-bond donors (Lipinski definition) is 2. The monoisotopic (exact) mass is 325 g/mol. The van der Waals surface area contributed by atoms with Gasteiger partial charge in [0.05, 0.1) is 0 Å². The van der Waals surface area contributed by atoms with E-state index in [2.05, 4.69) is 60.0 Å². The predicted molar refractivity (Wildman–Crippen MR) is 101 cm³/mol. The molecule has 0 saturated carbocycles. The lowest BCUT2D eigenvalue weighted by atomic mass is 9.98. The largest absolute Gasteiger partial charge is 0.355 e.